The van der Waals surface area contributed by atoms with Crippen molar-refractivity contribution >= 4 is 40.2 Å². The number of ether oxygens (including phenoxy) is 1. The van der Waals surface area contributed by atoms with E-state index >= 15 is 0 Å². The molecule has 0 aliphatic heterocycles. The lowest BCUT2D eigenvalue weighted by Crippen LogP contribution is -2.03. The number of nitrogens with zero attached hydrogens (tertiary/aromatic N) is 1. The Morgan fingerprint density at radius 3 is 2.82 bits per heavy atom. The number of carbonyl (C=O) groups is 1. The Balaban J connectivity index is 2.60. The highest BCUT2D eigenvalue weighted by Crippen LogP contribution is 2.31. The number of hydrogen-bond donors (Lipinski definition) is 0. The van der Waals surface area contributed by atoms with Crippen molar-refractivity contribution < 1.29 is 13.9 Å². The van der Waals surface area contributed by atoms with Crippen LogP contribution in [0.1, 0.15) is 10.5 Å². The van der Waals surface area contributed by atoms with E-state index in [1.807, 2.05) is 22.6 Å². The van der Waals surface area contributed by atoms with Gasteiger partial charge in [-0.3, -0.25) is 0 Å². The summed E-state index contributed by atoms with van der Waals surface area (Å²) in [5.41, 5.74) is 0.745. The van der Waals surface area contributed by atoms with Gasteiger partial charge in [0.2, 0.25) is 0 Å². The minimum atomic E-state index is -0.549. The van der Waals surface area contributed by atoms with E-state index in [1.165, 1.54) is 7.11 Å². The first kappa shape index (κ1) is 12.4. The minimum Gasteiger partial charge on any atom is -0.464 e. The van der Waals surface area contributed by atoms with Crippen LogP contribution in [0.25, 0.3) is 11.3 Å². The molecule has 0 saturated heterocycles. The van der Waals surface area contributed by atoms with Crippen LogP contribution in [0.2, 0.25) is 5.02 Å². The van der Waals surface area contributed by atoms with Crippen molar-refractivity contribution in [1.29, 1.82) is 0 Å². The van der Waals surface area contributed by atoms with E-state index in [1.54, 1.807) is 24.3 Å². The van der Waals surface area contributed by atoms with Gasteiger partial charge in [0.25, 0.3) is 3.90 Å². The molecule has 0 fully saturated rings. The predicted octanol–water partition coefficient (Wildman–Crippen LogP) is 3.39. The van der Waals surface area contributed by atoms with Gasteiger partial charge in [-0.15, -0.1) is 0 Å². The van der Waals surface area contributed by atoms with Crippen molar-refractivity contribution in [2.75, 3.05) is 7.11 Å². The maximum Gasteiger partial charge on any atom is 0.360 e. The fourth-order valence-electron chi connectivity index (χ4n) is 1.36. The Bertz CT molecular complexity index is 568. The highest BCUT2D eigenvalue weighted by atomic mass is 127. The smallest absolute Gasteiger partial charge is 0.360 e. The van der Waals surface area contributed by atoms with Gasteiger partial charge in [-0.1, -0.05) is 23.7 Å². The normalized spacial score (nSPS) is 10.3. The third-order valence-corrected chi connectivity index (χ3v) is 2.89. The molecule has 1 heterocycles. The average molecular weight is 364 g/mol. The van der Waals surface area contributed by atoms with Gasteiger partial charge in [0.15, 0.2) is 11.5 Å². The Labute approximate surface area is 116 Å². The van der Waals surface area contributed by atoms with Gasteiger partial charge in [0, 0.05) is 28.2 Å². The van der Waals surface area contributed by atoms with Crippen LogP contribution < -0.4 is 0 Å². The lowest BCUT2D eigenvalue weighted by atomic mass is 10.1. The first-order valence-corrected chi connectivity index (χ1v) is 6.08. The monoisotopic (exact) mass is 363 g/mol. The van der Waals surface area contributed by atoms with E-state index in [0.29, 0.717) is 20.2 Å². The van der Waals surface area contributed by atoms with Crippen molar-refractivity contribution in [2.24, 2.45) is 0 Å². The van der Waals surface area contributed by atoms with Crippen LogP contribution in [0.3, 0.4) is 0 Å². The quantitative estimate of drug-likeness (QED) is 0.606. The van der Waals surface area contributed by atoms with Gasteiger partial charge >= 0.3 is 5.97 Å². The highest BCUT2D eigenvalue weighted by Gasteiger charge is 2.22. The Hall–Kier alpha value is -1.08. The largest absolute Gasteiger partial charge is 0.464 e. The average Bonchev–Trinajstić information content (AvgIpc) is 2.71. The molecule has 0 unspecified atom stereocenters. The molecule has 2 aromatic rings. The molecular formula is C11H7ClINO3. The van der Waals surface area contributed by atoms with Crippen molar-refractivity contribution in [1.82, 2.24) is 4.98 Å². The third kappa shape index (κ3) is 2.44. The molecule has 1 aromatic heterocycles. The molecule has 0 radical (unpaired) electrons. The second-order valence-electron chi connectivity index (χ2n) is 3.12. The molecule has 88 valence electrons. The maximum absolute atomic E-state index is 11.5. The van der Waals surface area contributed by atoms with Gasteiger partial charge in [-0.25, -0.2) is 4.79 Å². The van der Waals surface area contributed by atoms with Crippen molar-refractivity contribution in [3.8, 4) is 11.3 Å². The van der Waals surface area contributed by atoms with Crippen LogP contribution >= 0.6 is 34.2 Å². The van der Waals surface area contributed by atoms with E-state index < -0.39 is 5.97 Å². The maximum atomic E-state index is 11.5. The molecule has 17 heavy (non-hydrogen) atoms. The van der Waals surface area contributed by atoms with Gasteiger partial charge in [-0.05, 0) is 12.1 Å². The summed E-state index contributed by atoms with van der Waals surface area (Å²) < 4.78 is 10.4. The summed E-state index contributed by atoms with van der Waals surface area (Å²) in [6, 6.07) is 7.07. The van der Waals surface area contributed by atoms with Gasteiger partial charge in [-0.2, -0.15) is 4.98 Å². The number of oxazole rings is 1. The van der Waals surface area contributed by atoms with Crippen LogP contribution in [-0.4, -0.2) is 18.1 Å². The number of halogens is 2. The standard InChI is InChI=1S/C11H7ClINO3/c1-16-10(15)8-9(17-11(13)14-8)6-4-2-3-5-7(6)12/h2-5H,1H3. The number of esters is 1. The van der Waals surface area contributed by atoms with Crippen molar-refractivity contribution in [3.63, 3.8) is 0 Å². The van der Waals surface area contributed by atoms with E-state index in [9.17, 15) is 4.79 Å². The van der Waals surface area contributed by atoms with Gasteiger partial charge in [0.1, 0.15) is 0 Å². The molecule has 6 heteroatoms. The van der Waals surface area contributed by atoms with Crippen molar-refractivity contribution in [2.45, 2.75) is 0 Å². The van der Waals surface area contributed by atoms with E-state index in [-0.39, 0.29) is 5.69 Å². The number of methoxy groups -OCH3 is 1. The number of hydrogen-bond acceptors (Lipinski definition) is 4. The van der Waals surface area contributed by atoms with Gasteiger partial charge < -0.3 is 9.15 Å². The molecule has 0 atom stereocenters. The zero-order valence-electron chi connectivity index (χ0n) is 8.74. The fraction of sp³-hybridized carbons (Fsp3) is 0.0909. The van der Waals surface area contributed by atoms with Crippen LogP contribution in [0, 0.1) is 3.90 Å². The summed E-state index contributed by atoms with van der Waals surface area (Å²) in [6.45, 7) is 0. The molecular weight excluding hydrogens is 356 g/mol. The molecule has 2 rings (SSSR count). The summed E-state index contributed by atoms with van der Waals surface area (Å²) in [5, 5.41) is 0.491. The van der Waals surface area contributed by atoms with Crippen LogP contribution in [0.15, 0.2) is 28.7 Å². The SMILES string of the molecule is COC(=O)c1nc(I)oc1-c1ccccc1Cl. The molecule has 4 nitrogen and oxygen atoms in total. The first-order valence-electron chi connectivity index (χ1n) is 4.63. The number of aromatic nitrogens is 1. The Kier molecular flexibility index (Phi) is 3.68. The topological polar surface area (TPSA) is 52.3 Å². The molecule has 0 amide bonds. The molecule has 0 N–H and O–H groups in total. The van der Waals surface area contributed by atoms with Crippen molar-refractivity contribution in [3.05, 3.63) is 38.9 Å². The number of rotatable bonds is 2. The summed E-state index contributed by atoms with van der Waals surface area (Å²) in [5.74, 6) is -0.224. The third-order valence-electron chi connectivity index (χ3n) is 2.10. The Morgan fingerprint density at radius 1 is 1.47 bits per heavy atom. The van der Waals surface area contributed by atoms with E-state index in [4.69, 9.17) is 16.0 Å². The predicted molar refractivity (Wildman–Crippen MR) is 71.0 cm³/mol. The summed E-state index contributed by atoms with van der Waals surface area (Å²) in [4.78, 5) is 15.5. The number of carbonyl (C=O) groups excluding carboxylic acids is 1. The van der Waals surface area contributed by atoms with Gasteiger partial charge in [0.05, 0.1) is 12.1 Å². The molecule has 0 saturated carbocycles. The molecule has 0 aliphatic rings. The lowest BCUT2D eigenvalue weighted by molar-refractivity contribution is 0.0595. The summed E-state index contributed by atoms with van der Waals surface area (Å²) in [7, 11) is 1.29. The highest BCUT2D eigenvalue weighted by molar-refractivity contribution is 14.1. The summed E-state index contributed by atoms with van der Waals surface area (Å²) >= 11 is 7.93. The lowest BCUT2D eigenvalue weighted by Gasteiger charge is -2.01. The zero-order chi connectivity index (χ0) is 12.4. The van der Waals surface area contributed by atoms with E-state index in [0.717, 1.165) is 0 Å². The molecule has 0 bridgehead atoms. The zero-order valence-corrected chi connectivity index (χ0v) is 11.7. The van der Waals surface area contributed by atoms with Crippen LogP contribution in [-0.2, 0) is 4.74 Å². The van der Waals surface area contributed by atoms with Crippen LogP contribution in [0.4, 0.5) is 0 Å². The molecule has 1 aromatic carbocycles. The second kappa shape index (κ2) is 5.05. The number of benzene rings is 1. The van der Waals surface area contributed by atoms with Crippen LogP contribution in [0.5, 0.6) is 0 Å². The molecule has 0 spiro atoms. The second-order valence-corrected chi connectivity index (χ2v) is 4.45. The Morgan fingerprint density at radius 2 is 2.18 bits per heavy atom. The molecule has 0 aliphatic carbocycles. The fourth-order valence-corrected chi connectivity index (χ4v) is 2.04. The van der Waals surface area contributed by atoms with E-state index in [2.05, 4.69) is 9.72 Å². The first-order chi connectivity index (χ1) is 8.13. The minimum absolute atomic E-state index is 0.130. The summed E-state index contributed by atoms with van der Waals surface area (Å²) in [6.07, 6.45) is 0.